The van der Waals surface area contributed by atoms with Crippen LogP contribution in [-0.2, 0) is 4.79 Å². The van der Waals surface area contributed by atoms with E-state index in [0.29, 0.717) is 18.4 Å². The summed E-state index contributed by atoms with van der Waals surface area (Å²) in [6.45, 7) is 10.2. The average molecular weight is 183 g/mol. The second-order valence-electron chi connectivity index (χ2n) is 4.19. The second-order valence-corrected chi connectivity index (χ2v) is 4.19. The minimum absolute atomic E-state index is 0.209. The molecule has 0 spiro atoms. The van der Waals surface area contributed by atoms with E-state index in [1.165, 1.54) is 0 Å². The van der Waals surface area contributed by atoms with Gasteiger partial charge in [-0.25, -0.2) is 0 Å². The molecular weight excluding hydrogens is 162 g/mol. The van der Waals surface area contributed by atoms with E-state index >= 15 is 0 Å². The van der Waals surface area contributed by atoms with E-state index in [0.717, 1.165) is 5.70 Å². The van der Waals surface area contributed by atoms with Crippen LogP contribution in [0, 0.1) is 5.92 Å². The Bertz CT molecular complexity index is 192. The predicted molar refractivity (Wildman–Crippen MR) is 56.5 cm³/mol. The van der Waals surface area contributed by atoms with Gasteiger partial charge in [0.15, 0.2) is 5.78 Å². The number of nitrogens with one attached hydrogen (secondary N) is 1. The van der Waals surface area contributed by atoms with Gasteiger partial charge < -0.3 is 5.32 Å². The SMILES string of the molecule is C/C(=C\C(=O)CC(C)C)NC(C)C. The molecule has 0 aliphatic rings. The van der Waals surface area contributed by atoms with Crippen molar-refractivity contribution in [3.63, 3.8) is 0 Å². The Morgan fingerprint density at radius 2 is 1.85 bits per heavy atom. The molecule has 0 aromatic carbocycles. The molecular formula is C11H21NO. The van der Waals surface area contributed by atoms with Crippen molar-refractivity contribution in [1.29, 1.82) is 0 Å². The van der Waals surface area contributed by atoms with Crippen molar-refractivity contribution in [1.82, 2.24) is 5.32 Å². The van der Waals surface area contributed by atoms with Crippen LogP contribution in [0.4, 0.5) is 0 Å². The Labute approximate surface area is 81.4 Å². The third-order valence-electron chi connectivity index (χ3n) is 1.50. The van der Waals surface area contributed by atoms with Crippen molar-refractivity contribution in [2.45, 2.75) is 47.1 Å². The molecule has 0 aromatic heterocycles. The number of carbonyl (C=O) groups excluding carboxylic acids is 1. The van der Waals surface area contributed by atoms with Gasteiger partial charge in [-0.1, -0.05) is 13.8 Å². The van der Waals surface area contributed by atoms with E-state index in [1.807, 2.05) is 6.92 Å². The van der Waals surface area contributed by atoms with Gasteiger partial charge >= 0.3 is 0 Å². The summed E-state index contributed by atoms with van der Waals surface area (Å²) >= 11 is 0. The predicted octanol–water partition coefficient (Wildman–Crippen LogP) is 2.50. The molecule has 0 aromatic rings. The fourth-order valence-corrected chi connectivity index (χ4v) is 1.20. The Morgan fingerprint density at radius 3 is 2.23 bits per heavy atom. The average Bonchev–Trinajstić information content (AvgIpc) is 1.80. The first-order valence-corrected chi connectivity index (χ1v) is 4.89. The first kappa shape index (κ1) is 12.2. The van der Waals surface area contributed by atoms with Crippen LogP contribution in [0.1, 0.15) is 41.0 Å². The first-order valence-electron chi connectivity index (χ1n) is 4.89. The summed E-state index contributed by atoms with van der Waals surface area (Å²) in [5, 5.41) is 3.19. The lowest BCUT2D eigenvalue weighted by molar-refractivity contribution is -0.115. The zero-order valence-corrected chi connectivity index (χ0v) is 9.35. The van der Waals surface area contributed by atoms with Gasteiger partial charge in [-0.3, -0.25) is 4.79 Å². The van der Waals surface area contributed by atoms with Gasteiger partial charge in [-0.05, 0) is 32.8 Å². The highest BCUT2D eigenvalue weighted by Gasteiger charge is 2.02. The maximum atomic E-state index is 11.3. The van der Waals surface area contributed by atoms with Gasteiger partial charge in [0.05, 0.1) is 0 Å². The van der Waals surface area contributed by atoms with Crippen LogP contribution in [0.2, 0.25) is 0 Å². The highest BCUT2D eigenvalue weighted by molar-refractivity contribution is 5.90. The summed E-state index contributed by atoms with van der Waals surface area (Å²) < 4.78 is 0. The summed E-state index contributed by atoms with van der Waals surface area (Å²) in [7, 11) is 0. The molecule has 0 heterocycles. The lowest BCUT2D eigenvalue weighted by Crippen LogP contribution is -2.21. The van der Waals surface area contributed by atoms with Crippen molar-refractivity contribution < 1.29 is 4.79 Å². The minimum atomic E-state index is 0.209. The van der Waals surface area contributed by atoms with Crippen LogP contribution in [0.5, 0.6) is 0 Å². The fraction of sp³-hybridized carbons (Fsp3) is 0.727. The van der Waals surface area contributed by atoms with Crippen molar-refractivity contribution in [2.75, 3.05) is 0 Å². The van der Waals surface area contributed by atoms with Crippen molar-refractivity contribution in [2.24, 2.45) is 5.92 Å². The maximum absolute atomic E-state index is 11.3. The number of carbonyl (C=O) groups is 1. The zero-order chi connectivity index (χ0) is 10.4. The standard InChI is InChI=1S/C11H21NO/c1-8(2)6-11(13)7-10(5)12-9(3)4/h7-9,12H,6H2,1-5H3/b10-7+. The molecule has 0 saturated heterocycles. The summed E-state index contributed by atoms with van der Waals surface area (Å²) in [6.07, 6.45) is 2.33. The molecule has 0 aliphatic carbocycles. The van der Waals surface area contributed by atoms with Gasteiger partial charge in [-0.2, -0.15) is 0 Å². The van der Waals surface area contributed by atoms with Crippen LogP contribution in [0.15, 0.2) is 11.8 Å². The van der Waals surface area contributed by atoms with E-state index in [9.17, 15) is 4.79 Å². The topological polar surface area (TPSA) is 29.1 Å². The van der Waals surface area contributed by atoms with Gasteiger partial charge in [0.25, 0.3) is 0 Å². The van der Waals surface area contributed by atoms with Crippen molar-refractivity contribution in [3.05, 3.63) is 11.8 Å². The molecule has 13 heavy (non-hydrogen) atoms. The highest BCUT2D eigenvalue weighted by Crippen LogP contribution is 2.02. The molecule has 0 unspecified atom stereocenters. The molecule has 2 heteroatoms. The van der Waals surface area contributed by atoms with Crippen LogP contribution < -0.4 is 5.32 Å². The molecule has 0 saturated carbocycles. The Morgan fingerprint density at radius 1 is 1.31 bits per heavy atom. The molecule has 0 amide bonds. The number of ketones is 1. The number of hydrogen-bond donors (Lipinski definition) is 1. The summed E-state index contributed by atoms with van der Waals surface area (Å²) in [6, 6.07) is 0.392. The molecule has 0 fully saturated rings. The van der Waals surface area contributed by atoms with Crippen molar-refractivity contribution in [3.8, 4) is 0 Å². The molecule has 76 valence electrons. The molecule has 0 rings (SSSR count). The Kier molecular flexibility index (Phi) is 5.44. The minimum Gasteiger partial charge on any atom is -0.386 e. The molecule has 2 nitrogen and oxygen atoms in total. The van der Waals surface area contributed by atoms with Gasteiger partial charge in [0.1, 0.15) is 0 Å². The number of allylic oxidation sites excluding steroid dienone is 2. The van der Waals surface area contributed by atoms with Crippen LogP contribution in [0.25, 0.3) is 0 Å². The largest absolute Gasteiger partial charge is 0.386 e. The lowest BCUT2D eigenvalue weighted by atomic mass is 10.1. The molecule has 0 atom stereocenters. The van der Waals surface area contributed by atoms with Gasteiger partial charge in [0, 0.05) is 18.2 Å². The second kappa shape index (κ2) is 5.79. The van der Waals surface area contributed by atoms with Crippen LogP contribution >= 0.6 is 0 Å². The highest BCUT2D eigenvalue weighted by atomic mass is 16.1. The van der Waals surface area contributed by atoms with E-state index in [4.69, 9.17) is 0 Å². The normalized spacial score (nSPS) is 12.4. The Hall–Kier alpha value is -0.790. The van der Waals surface area contributed by atoms with E-state index < -0.39 is 0 Å². The quantitative estimate of drug-likeness (QED) is 0.663. The maximum Gasteiger partial charge on any atom is 0.157 e. The summed E-state index contributed by atoms with van der Waals surface area (Å²) in [5.41, 5.74) is 0.959. The van der Waals surface area contributed by atoms with E-state index in [2.05, 4.69) is 33.0 Å². The number of rotatable bonds is 5. The molecule has 1 N–H and O–H groups in total. The monoisotopic (exact) mass is 183 g/mol. The third kappa shape index (κ3) is 7.57. The van der Waals surface area contributed by atoms with Crippen LogP contribution in [0.3, 0.4) is 0 Å². The molecule has 0 aliphatic heterocycles. The van der Waals surface area contributed by atoms with E-state index in [-0.39, 0.29) is 5.78 Å². The fourth-order valence-electron chi connectivity index (χ4n) is 1.20. The number of hydrogen-bond acceptors (Lipinski definition) is 2. The summed E-state index contributed by atoms with van der Waals surface area (Å²) in [4.78, 5) is 11.3. The van der Waals surface area contributed by atoms with E-state index in [1.54, 1.807) is 6.08 Å². The molecule has 0 radical (unpaired) electrons. The van der Waals surface area contributed by atoms with Gasteiger partial charge in [-0.15, -0.1) is 0 Å². The smallest absolute Gasteiger partial charge is 0.157 e. The third-order valence-corrected chi connectivity index (χ3v) is 1.50. The zero-order valence-electron chi connectivity index (χ0n) is 9.35. The van der Waals surface area contributed by atoms with Crippen molar-refractivity contribution >= 4 is 5.78 Å². The molecule has 0 bridgehead atoms. The summed E-state index contributed by atoms with van der Waals surface area (Å²) in [5.74, 6) is 0.649. The lowest BCUT2D eigenvalue weighted by Gasteiger charge is -2.09. The van der Waals surface area contributed by atoms with Gasteiger partial charge in [0.2, 0.25) is 0 Å². The first-order chi connectivity index (χ1) is 5.91. The Balaban J connectivity index is 3.99. The van der Waals surface area contributed by atoms with Crippen LogP contribution in [-0.4, -0.2) is 11.8 Å².